The number of carbonyl (C=O) groups excluding carboxylic acids is 2. The van der Waals surface area contributed by atoms with Crippen LogP contribution in [-0.2, 0) is 39.4 Å². The first kappa shape index (κ1) is 33.6. The lowest BCUT2D eigenvalue weighted by Crippen LogP contribution is -2.39. The van der Waals surface area contributed by atoms with Gasteiger partial charge in [0.1, 0.15) is 59.1 Å². The number of rotatable bonds is 9. The summed E-state index contributed by atoms with van der Waals surface area (Å²) in [5.74, 6) is -0.640. The highest BCUT2D eigenvalue weighted by Crippen LogP contribution is 2.26. The maximum absolute atomic E-state index is 15.3. The van der Waals surface area contributed by atoms with E-state index in [1.54, 1.807) is 46.3 Å². The minimum absolute atomic E-state index is 0.115. The van der Waals surface area contributed by atoms with E-state index in [0.717, 1.165) is 17.0 Å². The molecule has 2 aliphatic heterocycles. The van der Waals surface area contributed by atoms with E-state index in [9.17, 15) is 14.0 Å². The zero-order valence-electron chi connectivity index (χ0n) is 28.7. The van der Waals surface area contributed by atoms with Crippen LogP contribution >= 0.6 is 0 Å². The minimum Gasteiger partial charge on any atom is -0.487 e. The van der Waals surface area contributed by atoms with Crippen LogP contribution in [0.1, 0.15) is 49.3 Å². The Morgan fingerprint density at radius 3 is 2.02 bits per heavy atom. The molecular formula is C38H33F2N9O4. The second-order valence-electron chi connectivity index (χ2n) is 12.8. The lowest BCUT2D eigenvalue weighted by atomic mass is 10.1. The number of carbonyl (C=O) groups is 2. The van der Waals surface area contributed by atoms with Gasteiger partial charge in [0.15, 0.2) is 0 Å². The van der Waals surface area contributed by atoms with Gasteiger partial charge in [-0.3, -0.25) is 28.9 Å². The summed E-state index contributed by atoms with van der Waals surface area (Å²) in [4.78, 5) is 42.7. The first-order chi connectivity index (χ1) is 25.8. The van der Waals surface area contributed by atoms with Crippen LogP contribution in [-0.4, -0.2) is 69.2 Å². The molecule has 0 bridgehead atoms. The summed E-state index contributed by atoms with van der Waals surface area (Å²) in [6, 6.07) is 17.8. The van der Waals surface area contributed by atoms with E-state index < -0.39 is 5.82 Å². The average Bonchev–Trinajstić information content (AvgIpc) is 3.79. The molecule has 0 spiro atoms. The fourth-order valence-corrected chi connectivity index (χ4v) is 6.40. The van der Waals surface area contributed by atoms with Gasteiger partial charge in [-0.15, -0.1) is 0 Å². The van der Waals surface area contributed by atoms with Crippen LogP contribution in [0, 0.1) is 18.6 Å². The number of benzene rings is 2. The van der Waals surface area contributed by atoms with Crippen LogP contribution in [0.5, 0.6) is 11.5 Å². The number of fused-ring (bicyclic) bond motifs is 2. The van der Waals surface area contributed by atoms with E-state index in [4.69, 9.17) is 9.47 Å². The summed E-state index contributed by atoms with van der Waals surface area (Å²) >= 11 is 0. The van der Waals surface area contributed by atoms with Gasteiger partial charge in [-0.25, -0.2) is 13.8 Å². The summed E-state index contributed by atoms with van der Waals surface area (Å²) in [5.41, 5.74) is 4.93. The number of ether oxygens (including phenoxy) is 2. The van der Waals surface area contributed by atoms with Gasteiger partial charge >= 0.3 is 0 Å². The lowest BCUT2D eigenvalue weighted by molar-refractivity contribution is 0.0692. The normalized spacial score (nSPS) is 13.7. The van der Waals surface area contributed by atoms with E-state index in [1.165, 1.54) is 30.6 Å². The predicted octanol–water partition coefficient (Wildman–Crippen LogP) is 4.99. The Labute approximate surface area is 302 Å². The van der Waals surface area contributed by atoms with Gasteiger partial charge in [-0.2, -0.15) is 10.2 Å². The van der Waals surface area contributed by atoms with Gasteiger partial charge in [-0.05, 0) is 55.0 Å². The molecule has 6 aromatic rings. The molecule has 15 heteroatoms. The van der Waals surface area contributed by atoms with E-state index in [1.807, 2.05) is 34.5 Å². The molecule has 13 nitrogen and oxygen atoms in total. The van der Waals surface area contributed by atoms with E-state index in [0.29, 0.717) is 67.8 Å². The Morgan fingerprint density at radius 1 is 0.717 bits per heavy atom. The van der Waals surface area contributed by atoms with Crippen molar-refractivity contribution in [1.29, 1.82) is 0 Å². The quantitative estimate of drug-likeness (QED) is 0.203. The predicted molar refractivity (Wildman–Crippen MR) is 185 cm³/mol. The summed E-state index contributed by atoms with van der Waals surface area (Å²) in [6.07, 6.45) is 4.34. The monoisotopic (exact) mass is 717 g/mol. The second-order valence-corrected chi connectivity index (χ2v) is 12.8. The summed E-state index contributed by atoms with van der Waals surface area (Å²) < 4.78 is 43.9. The molecule has 0 aliphatic carbocycles. The van der Waals surface area contributed by atoms with E-state index in [-0.39, 0.29) is 47.8 Å². The fraction of sp³-hybridized carbons (Fsp3) is 0.237. The third kappa shape index (κ3) is 7.18. The summed E-state index contributed by atoms with van der Waals surface area (Å²) in [5, 5.41) is 9.15. The smallest absolute Gasteiger partial charge is 0.274 e. The van der Waals surface area contributed by atoms with Gasteiger partial charge in [0, 0.05) is 37.0 Å². The van der Waals surface area contributed by atoms with Crippen molar-refractivity contribution in [3.8, 4) is 22.8 Å². The minimum atomic E-state index is -0.555. The van der Waals surface area contributed by atoms with Crippen LogP contribution in [0.4, 0.5) is 8.78 Å². The molecule has 0 fully saturated rings. The third-order valence-corrected chi connectivity index (χ3v) is 9.14. The van der Waals surface area contributed by atoms with Gasteiger partial charge in [0.25, 0.3) is 11.8 Å². The molecule has 0 atom stereocenters. The Hall–Kier alpha value is -6.51. The van der Waals surface area contributed by atoms with Crippen molar-refractivity contribution >= 4 is 11.8 Å². The number of hydrogen-bond donors (Lipinski definition) is 0. The maximum atomic E-state index is 15.3. The van der Waals surface area contributed by atoms with Crippen LogP contribution < -0.4 is 9.47 Å². The Balaban J connectivity index is 0.856. The SMILES string of the molecule is Cc1cccnc1C(=O)N1CCn2nc(COc3ccc(-c4cnc(C(=O)N5CCn6nc(COc7cccc(F)c7)cc6C5)cn4)c(F)c3)cc2C1. The zero-order chi connectivity index (χ0) is 36.5. The van der Waals surface area contributed by atoms with E-state index >= 15 is 4.39 Å². The number of nitrogens with zero attached hydrogens (tertiary/aromatic N) is 9. The Bertz CT molecular complexity index is 2330. The van der Waals surface area contributed by atoms with Crippen LogP contribution in [0.25, 0.3) is 11.3 Å². The average molecular weight is 718 g/mol. The van der Waals surface area contributed by atoms with Crippen molar-refractivity contribution in [2.45, 2.75) is 46.3 Å². The topological polar surface area (TPSA) is 133 Å². The maximum Gasteiger partial charge on any atom is 0.274 e. The molecule has 2 amide bonds. The molecule has 2 aromatic carbocycles. The lowest BCUT2D eigenvalue weighted by Gasteiger charge is -2.27. The molecule has 268 valence electrons. The Kier molecular flexibility index (Phi) is 9.04. The van der Waals surface area contributed by atoms with Crippen molar-refractivity contribution in [3.63, 3.8) is 0 Å². The number of halogens is 2. The molecule has 0 saturated heterocycles. The number of aromatic nitrogens is 7. The summed E-state index contributed by atoms with van der Waals surface area (Å²) in [6.45, 7) is 4.83. The number of pyridine rings is 1. The zero-order valence-corrected chi connectivity index (χ0v) is 28.7. The third-order valence-electron chi connectivity index (χ3n) is 9.14. The van der Waals surface area contributed by atoms with Crippen LogP contribution in [0.3, 0.4) is 0 Å². The van der Waals surface area contributed by atoms with Crippen LogP contribution in [0.15, 0.2) is 85.3 Å². The second kappa shape index (κ2) is 14.3. The van der Waals surface area contributed by atoms with E-state index in [2.05, 4.69) is 25.1 Å². The van der Waals surface area contributed by atoms with Gasteiger partial charge in [0.2, 0.25) is 0 Å². The highest BCUT2D eigenvalue weighted by Gasteiger charge is 2.26. The van der Waals surface area contributed by atoms with Crippen LogP contribution in [0.2, 0.25) is 0 Å². The van der Waals surface area contributed by atoms with Crippen molar-refractivity contribution in [2.24, 2.45) is 0 Å². The van der Waals surface area contributed by atoms with Crippen molar-refractivity contribution < 1.29 is 27.8 Å². The van der Waals surface area contributed by atoms with Gasteiger partial charge < -0.3 is 19.3 Å². The number of hydrogen-bond acceptors (Lipinski definition) is 9. The molecule has 0 unspecified atom stereocenters. The first-order valence-electron chi connectivity index (χ1n) is 17.0. The largest absolute Gasteiger partial charge is 0.487 e. The molecule has 6 heterocycles. The van der Waals surface area contributed by atoms with Crippen molar-refractivity contribution in [1.82, 2.24) is 44.3 Å². The summed E-state index contributed by atoms with van der Waals surface area (Å²) in [7, 11) is 0. The molecule has 0 saturated carbocycles. The molecular weight excluding hydrogens is 684 g/mol. The molecule has 8 rings (SSSR count). The number of aryl methyl sites for hydroxylation is 1. The molecule has 0 radical (unpaired) electrons. The first-order valence-corrected chi connectivity index (χ1v) is 17.0. The van der Waals surface area contributed by atoms with Gasteiger partial charge in [0.05, 0.1) is 55.7 Å². The van der Waals surface area contributed by atoms with Gasteiger partial charge in [-0.1, -0.05) is 12.1 Å². The standard InChI is InChI=1S/C38H33F2N9O4/c1-24-4-3-9-41-36(24)38(51)47-11-13-49-29(21-47)16-27(45-49)23-53-31-7-8-32(33(40)17-31)34-18-43-35(19-42-34)37(50)46-10-12-48-28(20-46)15-26(44-48)22-52-30-6-2-5-25(39)14-30/h2-9,14-19H,10-13,20-23H2,1H3. The molecule has 2 aliphatic rings. The highest BCUT2D eigenvalue weighted by atomic mass is 19.1. The van der Waals surface area contributed by atoms with Crippen molar-refractivity contribution in [2.75, 3.05) is 13.1 Å². The molecule has 53 heavy (non-hydrogen) atoms. The van der Waals surface area contributed by atoms with Crippen molar-refractivity contribution in [3.05, 3.63) is 137 Å². The molecule has 4 aromatic heterocycles. The number of amides is 2. The molecule has 0 N–H and O–H groups in total. The fourth-order valence-electron chi connectivity index (χ4n) is 6.40. The highest BCUT2D eigenvalue weighted by molar-refractivity contribution is 5.93. The Morgan fingerprint density at radius 2 is 1.40 bits per heavy atom.